The zero-order valence-electron chi connectivity index (χ0n) is 21.7. The lowest BCUT2D eigenvalue weighted by Gasteiger charge is -2.33. The Labute approximate surface area is 234 Å². The summed E-state index contributed by atoms with van der Waals surface area (Å²) in [6, 6.07) is 10.3. The molecule has 38 heavy (non-hydrogen) atoms. The number of hydrogen-bond acceptors (Lipinski definition) is 5. The molecule has 8 nitrogen and oxygen atoms in total. The third-order valence-electron chi connectivity index (χ3n) is 6.64. The highest BCUT2D eigenvalue weighted by atomic mass is 35.5. The third-order valence-corrected chi connectivity index (χ3v) is 8.52. The van der Waals surface area contributed by atoms with Crippen molar-refractivity contribution in [2.45, 2.75) is 64.6 Å². The molecule has 1 aliphatic carbocycles. The van der Waals surface area contributed by atoms with Crippen LogP contribution in [0.15, 0.2) is 42.5 Å². The summed E-state index contributed by atoms with van der Waals surface area (Å²) in [5.74, 6) is -1.08. The van der Waals surface area contributed by atoms with E-state index in [9.17, 15) is 22.8 Å². The first-order valence-corrected chi connectivity index (χ1v) is 15.1. The van der Waals surface area contributed by atoms with Crippen molar-refractivity contribution < 1.29 is 22.8 Å². The van der Waals surface area contributed by atoms with Gasteiger partial charge in [-0.3, -0.25) is 18.7 Å². The second kappa shape index (κ2) is 13.0. The monoisotopic (exact) mass is 581 g/mol. The topological polar surface area (TPSA) is 104 Å². The van der Waals surface area contributed by atoms with Gasteiger partial charge >= 0.3 is 0 Å². The van der Waals surface area contributed by atoms with Gasteiger partial charge in [-0.15, -0.1) is 0 Å². The van der Waals surface area contributed by atoms with Crippen LogP contribution in [-0.4, -0.2) is 55.8 Å². The van der Waals surface area contributed by atoms with Crippen LogP contribution >= 0.6 is 23.2 Å². The number of nitrogens with one attached hydrogen (secondary N) is 1. The van der Waals surface area contributed by atoms with Crippen LogP contribution in [0.4, 0.5) is 5.69 Å². The van der Waals surface area contributed by atoms with Crippen molar-refractivity contribution in [1.82, 2.24) is 10.2 Å². The van der Waals surface area contributed by atoms with Crippen LogP contribution in [0.5, 0.6) is 0 Å². The molecule has 11 heteroatoms. The fraction of sp³-hybridized carbons (Fsp3) is 0.444. The summed E-state index contributed by atoms with van der Waals surface area (Å²) < 4.78 is 26.5. The molecule has 0 heterocycles. The molecule has 206 valence electrons. The van der Waals surface area contributed by atoms with Gasteiger partial charge in [-0.2, -0.15) is 0 Å². The molecule has 0 radical (unpaired) electrons. The van der Waals surface area contributed by atoms with Crippen molar-refractivity contribution in [3.05, 3.63) is 63.6 Å². The van der Waals surface area contributed by atoms with E-state index in [2.05, 4.69) is 5.32 Å². The fourth-order valence-corrected chi connectivity index (χ4v) is 5.78. The zero-order chi connectivity index (χ0) is 28.0. The van der Waals surface area contributed by atoms with Crippen LogP contribution in [0, 0.1) is 0 Å². The number of halogens is 2. The lowest BCUT2D eigenvalue weighted by molar-refractivity contribution is -0.140. The first-order chi connectivity index (χ1) is 17.9. The molecule has 2 amide bonds. The minimum Gasteiger partial charge on any atom is -0.352 e. The number of benzene rings is 2. The number of anilines is 1. The summed E-state index contributed by atoms with van der Waals surface area (Å²) in [4.78, 5) is 40.4. The molecular weight excluding hydrogens is 549 g/mol. The molecule has 2 aromatic carbocycles. The quantitative estimate of drug-likeness (QED) is 0.383. The summed E-state index contributed by atoms with van der Waals surface area (Å²) >= 11 is 12.3. The van der Waals surface area contributed by atoms with Gasteiger partial charge < -0.3 is 10.2 Å². The minimum atomic E-state index is -3.91. The lowest BCUT2D eigenvalue weighted by atomic mass is 10.1. The average Bonchev–Trinajstić information content (AvgIpc) is 3.36. The van der Waals surface area contributed by atoms with Crippen LogP contribution < -0.4 is 9.62 Å². The number of amides is 2. The van der Waals surface area contributed by atoms with E-state index in [-0.39, 0.29) is 30.0 Å². The summed E-state index contributed by atoms with van der Waals surface area (Å²) in [5.41, 5.74) is 1.15. The predicted octanol–water partition coefficient (Wildman–Crippen LogP) is 4.83. The van der Waals surface area contributed by atoms with Gasteiger partial charge in [0.25, 0.3) is 0 Å². The predicted molar refractivity (Wildman–Crippen MR) is 150 cm³/mol. The smallest absolute Gasteiger partial charge is 0.244 e. The number of carbonyl (C=O) groups excluding carboxylic acids is 3. The average molecular weight is 583 g/mol. The van der Waals surface area contributed by atoms with Crippen LogP contribution in [0.3, 0.4) is 0 Å². The second-order valence-electron chi connectivity index (χ2n) is 9.56. The molecule has 0 aliphatic heterocycles. The van der Waals surface area contributed by atoms with Crippen molar-refractivity contribution in [2.75, 3.05) is 17.1 Å². The molecule has 0 saturated heterocycles. The standard InChI is InChI=1S/C27H33Cl2N3O5S/c1-4-25(27(35)30-21-9-5-6-10-21)31(16-19-12-13-23(28)24(29)14-19)26(34)17-32(38(3,36)37)22-11-7-8-20(15-22)18(2)33/h7-8,11-15,21,25H,4-6,9-10,16-17H2,1-3H3,(H,30,35)/t25-/m1/s1. The van der Waals surface area contributed by atoms with Gasteiger partial charge in [0.15, 0.2) is 5.78 Å². The van der Waals surface area contributed by atoms with Gasteiger partial charge in [-0.05, 0) is 56.0 Å². The lowest BCUT2D eigenvalue weighted by Crippen LogP contribution is -2.53. The highest BCUT2D eigenvalue weighted by molar-refractivity contribution is 7.92. The molecule has 1 fully saturated rings. The summed E-state index contributed by atoms with van der Waals surface area (Å²) in [6.45, 7) is 2.66. The van der Waals surface area contributed by atoms with E-state index in [1.807, 2.05) is 0 Å². The SMILES string of the molecule is CC[C@H](C(=O)NC1CCCC1)N(Cc1ccc(Cl)c(Cl)c1)C(=O)CN(c1cccc(C(C)=O)c1)S(C)(=O)=O. The van der Waals surface area contributed by atoms with Crippen LogP contribution in [-0.2, 0) is 26.2 Å². The van der Waals surface area contributed by atoms with Crippen molar-refractivity contribution >= 4 is 56.5 Å². The van der Waals surface area contributed by atoms with E-state index < -0.39 is 28.5 Å². The summed E-state index contributed by atoms with van der Waals surface area (Å²) in [7, 11) is -3.91. The van der Waals surface area contributed by atoms with E-state index in [1.54, 1.807) is 37.3 Å². The molecule has 1 atom stereocenters. The van der Waals surface area contributed by atoms with E-state index in [4.69, 9.17) is 23.2 Å². The highest BCUT2D eigenvalue weighted by Crippen LogP contribution is 2.26. The maximum Gasteiger partial charge on any atom is 0.244 e. The highest BCUT2D eigenvalue weighted by Gasteiger charge is 2.33. The number of hydrogen-bond donors (Lipinski definition) is 1. The second-order valence-corrected chi connectivity index (χ2v) is 12.3. The normalized spacial score (nSPS) is 14.7. The maximum absolute atomic E-state index is 13.8. The first-order valence-electron chi connectivity index (χ1n) is 12.5. The number of rotatable bonds is 11. The van der Waals surface area contributed by atoms with Crippen molar-refractivity contribution in [2.24, 2.45) is 0 Å². The largest absolute Gasteiger partial charge is 0.352 e. The van der Waals surface area contributed by atoms with E-state index >= 15 is 0 Å². The Balaban J connectivity index is 1.96. The molecule has 3 rings (SSSR count). The van der Waals surface area contributed by atoms with Gasteiger partial charge in [0.05, 0.1) is 22.0 Å². The molecule has 1 aliphatic rings. The first kappa shape index (κ1) is 29.9. The molecule has 1 saturated carbocycles. The van der Waals surface area contributed by atoms with Crippen molar-refractivity contribution in [1.29, 1.82) is 0 Å². The molecule has 2 aromatic rings. The molecule has 1 N–H and O–H groups in total. The number of nitrogens with zero attached hydrogens (tertiary/aromatic N) is 2. The molecule has 0 unspecified atom stereocenters. The van der Waals surface area contributed by atoms with Crippen molar-refractivity contribution in [3.63, 3.8) is 0 Å². The van der Waals surface area contributed by atoms with E-state index in [1.165, 1.54) is 24.0 Å². The van der Waals surface area contributed by atoms with Crippen LogP contribution in [0.25, 0.3) is 0 Å². The Morgan fingerprint density at radius 2 is 1.74 bits per heavy atom. The Bertz CT molecular complexity index is 1300. The molecule has 0 aromatic heterocycles. The number of sulfonamides is 1. The Morgan fingerprint density at radius 3 is 2.32 bits per heavy atom. The van der Waals surface area contributed by atoms with E-state index in [0.717, 1.165) is 36.2 Å². The van der Waals surface area contributed by atoms with Gasteiger partial charge in [0.2, 0.25) is 21.8 Å². The summed E-state index contributed by atoms with van der Waals surface area (Å²) in [6.07, 6.45) is 5.17. The van der Waals surface area contributed by atoms with E-state index in [0.29, 0.717) is 27.6 Å². The maximum atomic E-state index is 13.8. The molecule has 0 bridgehead atoms. The van der Waals surface area contributed by atoms with Gasteiger partial charge in [-0.25, -0.2) is 8.42 Å². The minimum absolute atomic E-state index is 0.0252. The third kappa shape index (κ3) is 7.71. The van der Waals surface area contributed by atoms with Gasteiger partial charge in [0.1, 0.15) is 12.6 Å². The summed E-state index contributed by atoms with van der Waals surface area (Å²) in [5, 5.41) is 3.72. The Hall–Kier alpha value is -2.62. The van der Waals surface area contributed by atoms with Gasteiger partial charge in [0, 0.05) is 18.2 Å². The number of carbonyl (C=O) groups is 3. The van der Waals surface area contributed by atoms with Crippen LogP contribution in [0.1, 0.15) is 61.9 Å². The van der Waals surface area contributed by atoms with Crippen molar-refractivity contribution in [3.8, 4) is 0 Å². The molecule has 0 spiro atoms. The fourth-order valence-electron chi connectivity index (χ4n) is 4.62. The number of Topliss-reactive ketones (excluding diaryl/α,β-unsaturated/α-hetero) is 1. The van der Waals surface area contributed by atoms with Gasteiger partial charge in [-0.1, -0.05) is 61.2 Å². The Kier molecular flexibility index (Phi) is 10.2. The van der Waals surface area contributed by atoms with Crippen LogP contribution in [0.2, 0.25) is 10.0 Å². The number of ketones is 1. The Morgan fingerprint density at radius 1 is 1.05 bits per heavy atom. The molecular formula is C27H33Cl2N3O5S. The zero-order valence-corrected chi connectivity index (χ0v) is 24.1.